The second-order valence-electron chi connectivity index (χ2n) is 5.48. The molecule has 3 rings (SSSR count). The summed E-state index contributed by atoms with van der Waals surface area (Å²) < 4.78 is 13.7. The Balaban J connectivity index is 1.73. The van der Waals surface area contributed by atoms with Gasteiger partial charge >= 0.3 is 7.12 Å². The van der Waals surface area contributed by atoms with Crippen LogP contribution < -0.4 is 5.46 Å². The summed E-state index contributed by atoms with van der Waals surface area (Å²) >= 11 is 0. The van der Waals surface area contributed by atoms with E-state index in [1.54, 1.807) is 6.07 Å². The minimum Gasteiger partial charge on any atom is -0.423 e. The van der Waals surface area contributed by atoms with Gasteiger partial charge in [0.05, 0.1) is 0 Å². The van der Waals surface area contributed by atoms with Crippen molar-refractivity contribution in [2.24, 2.45) is 5.92 Å². The first-order valence-electron chi connectivity index (χ1n) is 6.84. The van der Waals surface area contributed by atoms with Gasteiger partial charge in [-0.05, 0) is 47.9 Å². The molecular formula is C16H16BFO2. The van der Waals surface area contributed by atoms with Crippen LogP contribution in [0.25, 0.3) is 0 Å². The van der Waals surface area contributed by atoms with Gasteiger partial charge in [-0.3, -0.25) is 0 Å². The molecule has 0 amide bonds. The van der Waals surface area contributed by atoms with Gasteiger partial charge in [-0.1, -0.05) is 36.4 Å². The highest BCUT2D eigenvalue weighted by atomic mass is 19.1. The Morgan fingerprint density at radius 3 is 2.25 bits per heavy atom. The number of halogens is 1. The largest absolute Gasteiger partial charge is 0.491 e. The van der Waals surface area contributed by atoms with E-state index < -0.39 is 12.9 Å². The molecule has 0 bridgehead atoms. The fraction of sp³-hybridized carbons (Fsp3) is 0.250. The Kier molecular flexibility index (Phi) is 3.59. The van der Waals surface area contributed by atoms with Gasteiger partial charge in [-0.2, -0.15) is 0 Å². The number of fused-ring (bicyclic) bond motifs is 1. The van der Waals surface area contributed by atoms with E-state index in [2.05, 4.69) is 24.3 Å². The van der Waals surface area contributed by atoms with E-state index in [1.165, 1.54) is 23.3 Å². The van der Waals surface area contributed by atoms with Crippen LogP contribution in [0.2, 0.25) is 0 Å². The van der Waals surface area contributed by atoms with E-state index in [0.29, 0.717) is 5.92 Å². The number of hydrogen-bond donors (Lipinski definition) is 2. The van der Waals surface area contributed by atoms with Crippen molar-refractivity contribution >= 4 is 12.6 Å². The zero-order chi connectivity index (χ0) is 14.1. The first-order valence-corrected chi connectivity index (χ1v) is 6.84. The summed E-state index contributed by atoms with van der Waals surface area (Å²) in [6.45, 7) is 0. The van der Waals surface area contributed by atoms with Gasteiger partial charge in [0, 0.05) is 5.46 Å². The molecule has 0 unspecified atom stereocenters. The van der Waals surface area contributed by atoms with E-state index in [9.17, 15) is 4.39 Å². The minimum absolute atomic E-state index is 0.0662. The Labute approximate surface area is 118 Å². The van der Waals surface area contributed by atoms with Crippen LogP contribution in [0.15, 0.2) is 42.5 Å². The lowest BCUT2D eigenvalue weighted by Crippen LogP contribution is -2.32. The normalized spacial score (nSPS) is 14.3. The minimum atomic E-state index is -1.75. The van der Waals surface area contributed by atoms with Crippen molar-refractivity contribution in [1.82, 2.24) is 0 Å². The smallest absolute Gasteiger partial charge is 0.423 e. The van der Waals surface area contributed by atoms with Crippen molar-refractivity contribution in [3.63, 3.8) is 0 Å². The van der Waals surface area contributed by atoms with Crippen molar-refractivity contribution in [1.29, 1.82) is 0 Å². The molecule has 0 spiro atoms. The molecular weight excluding hydrogens is 254 g/mol. The monoisotopic (exact) mass is 270 g/mol. The number of hydrogen-bond acceptors (Lipinski definition) is 2. The SMILES string of the molecule is OB(O)c1ccc(CC2Cc3ccccc3C2)cc1F. The molecule has 4 heteroatoms. The topological polar surface area (TPSA) is 40.5 Å². The quantitative estimate of drug-likeness (QED) is 0.829. The highest BCUT2D eigenvalue weighted by Crippen LogP contribution is 2.28. The second kappa shape index (κ2) is 5.39. The highest BCUT2D eigenvalue weighted by Gasteiger charge is 2.22. The Morgan fingerprint density at radius 1 is 1.05 bits per heavy atom. The van der Waals surface area contributed by atoms with Gasteiger partial charge in [-0.25, -0.2) is 4.39 Å². The lowest BCUT2D eigenvalue weighted by atomic mass is 9.79. The molecule has 2 aromatic rings. The summed E-state index contributed by atoms with van der Waals surface area (Å²) in [6.07, 6.45) is 2.87. The van der Waals surface area contributed by atoms with Crippen LogP contribution in [0.4, 0.5) is 4.39 Å². The maximum Gasteiger partial charge on any atom is 0.491 e. The van der Waals surface area contributed by atoms with Gasteiger partial charge in [0.2, 0.25) is 0 Å². The third-order valence-corrected chi connectivity index (χ3v) is 4.00. The first kappa shape index (κ1) is 13.3. The van der Waals surface area contributed by atoms with Gasteiger partial charge in [-0.15, -0.1) is 0 Å². The van der Waals surface area contributed by atoms with Gasteiger partial charge < -0.3 is 10.0 Å². The van der Waals surface area contributed by atoms with Gasteiger partial charge in [0.25, 0.3) is 0 Å². The molecule has 1 aliphatic rings. The molecule has 0 fully saturated rings. The van der Waals surface area contributed by atoms with E-state index in [4.69, 9.17) is 10.0 Å². The molecule has 0 saturated carbocycles. The number of rotatable bonds is 3. The lowest BCUT2D eigenvalue weighted by Gasteiger charge is -2.10. The Bertz CT molecular complexity index is 603. The fourth-order valence-electron chi connectivity index (χ4n) is 3.03. The van der Waals surface area contributed by atoms with Gasteiger partial charge in [0.1, 0.15) is 5.82 Å². The molecule has 0 saturated heterocycles. The van der Waals surface area contributed by atoms with E-state index in [0.717, 1.165) is 24.8 Å². The van der Waals surface area contributed by atoms with Crippen LogP contribution >= 0.6 is 0 Å². The van der Waals surface area contributed by atoms with Crippen LogP contribution in [0.3, 0.4) is 0 Å². The molecule has 0 heterocycles. The van der Waals surface area contributed by atoms with E-state index in [-0.39, 0.29) is 5.46 Å². The molecule has 20 heavy (non-hydrogen) atoms. The zero-order valence-electron chi connectivity index (χ0n) is 11.1. The lowest BCUT2D eigenvalue weighted by molar-refractivity contribution is 0.423. The molecule has 0 aromatic heterocycles. The van der Waals surface area contributed by atoms with Crippen LogP contribution in [0, 0.1) is 11.7 Å². The summed E-state index contributed by atoms with van der Waals surface area (Å²) in [6, 6.07) is 13.1. The summed E-state index contributed by atoms with van der Waals surface area (Å²) in [7, 11) is -1.75. The molecule has 2 nitrogen and oxygen atoms in total. The molecule has 0 aliphatic heterocycles. The first-order chi connectivity index (χ1) is 9.63. The molecule has 2 N–H and O–H groups in total. The average Bonchev–Trinajstić information content (AvgIpc) is 2.80. The standard InChI is InChI=1S/C16H16BFO2/c18-16-10-11(5-6-15(16)17(19)20)7-12-8-13-3-1-2-4-14(13)9-12/h1-6,10,12,19-20H,7-9H2. The van der Waals surface area contributed by atoms with Crippen LogP contribution in [0.5, 0.6) is 0 Å². The van der Waals surface area contributed by atoms with Crippen molar-refractivity contribution in [2.45, 2.75) is 19.3 Å². The van der Waals surface area contributed by atoms with Crippen molar-refractivity contribution in [3.8, 4) is 0 Å². The predicted molar refractivity (Wildman–Crippen MR) is 77.3 cm³/mol. The predicted octanol–water partition coefficient (Wildman–Crippen LogP) is 1.46. The van der Waals surface area contributed by atoms with E-state index in [1.807, 2.05) is 0 Å². The third-order valence-electron chi connectivity index (χ3n) is 4.00. The highest BCUT2D eigenvalue weighted by molar-refractivity contribution is 6.58. The van der Waals surface area contributed by atoms with Crippen LogP contribution in [-0.4, -0.2) is 17.2 Å². The number of benzene rings is 2. The van der Waals surface area contributed by atoms with Crippen LogP contribution in [-0.2, 0) is 19.3 Å². The third kappa shape index (κ3) is 2.62. The zero-order valence-corrected chi connectivity index (χ0v) is 11.1. The Hall–Kier alpha value is -1.65. The Morgan fingerprint density at radius 2 is 1.70 bits per heavy atom. The molecule has 102 valence electrons. The summed E-state index contributed by atoms with van der Waals surface area (Å²) in [5, 5.41) is 18.0. The second-order valence-corrected chi connectivity index (χ2v) is 5.48. The van der Waals surface area contributed by atoms with Crippen LogP contribution in [0.1, 0.15) is 16.7 Å². The summed E-state index contributed by atoms with van der Waals surface area (Å²) in [5.74, 6) is -0.0512. The van der Waals surface area contributed by atoms with E-state index >= 15 is 0 Å². The average molecular weight is 270 g/mol. The molecule has 0 atom stereocenters. The van der Waals surface area contributed by atoms with Crippen molar-refractivity contribution in [2.75, 3.05) is 0 Å². The fourth-order valence-corrected chi connectivity index (χ4v) is 3.03. The van der Waals surface area contributed by atoms with Crippen molar-refractivity contribution < 1.29 is 14.4 Å². The summed E-state index contributed by atoms with van der Waals surface area (Å²) in [4.78, 5) is 0. The molecule has 1 aliphatic carbocycles. The molecule has 0 radical (unpaired) electrons. The summed E-state index contributed by atoms with van der Waals surface area (Å²) in [5.41, 5.74) is 3.62. The maximum absolute atomic E-state index is 13.7. The van der Waals surface area contributed by atoms with Gasteiger partial charge in [0.15, 0.2) is 0 Å². The maximum atomic E-state index is 13.7. The molecule has 2 aromatic carbocycles. The van der Waals surface area contributed by atoms with Crippen molar-refractivity contribution in [3.05, 3.63) is 65.0 Å².